The van der Waals surface area contributed by atoms with E-state index in [1.807, 2.05) is 6.92 Å². The number of aromatic amines is 1. The van der Waals surface area contributed by atoms with Gasteiger partial charge < -0.3 is 25.0 Å². The lowest BCUT2D eigenvalue weighted by molar-refractivity contribution is -0.116. The lowest BCUT2D eigenvalue weighted by atomic mass is 9.90. The summed E-state index contributed by atoms with van der Waals surface area (Å²) >= 11 is 0. The van der Waals surface area contributed by atoms with Gasteiger partial charge in [-0.25, -0.2) is 4.39 Å². The minimum absolute atomic E-state index is 0. The Morgan fingerprint density at radius 3 is 2.80 bits per heavy atom. The summed E-state index contributed by atoms with van der Waals surface area (Å²) in [6.45, 7) is 6.15. The largest absolute Gasteiger partial charge is 0.390 e. The molecule has 2 amide bonds. The molecular formula is C25H32ClFN4O4. The molecule has 0 spiro atoms. The average Bonchev–Trinajstić information content (AvgIpc) is 3.23. The number of aliphatic hydroxyl groups is 1. The monoisotopic (exact) mass is 506 g/mol. The molecule has 190 valence electrons. The summed E-state index contributed by atoms with van der Waals surface area (Å²) in [5.41, 5.74) is 3.41. The Bertz CT molecular complexity index is 1080. The number of carbonyl (C=O) groups is 2. The Morgan fingerprint density at radius 1 is 1.26 bits per heavy atom. The van der Waals surface area contributed by atoms with Gasteiger partial charge in [0.2, 0.25) is 5.91 Å². The highest BCUT2D eigenvalue weighted by Crippen LogP contribution is 2.33. The van der Waals surface area contributed by atoms with Crippen molar-refractivity contribution in [2.45, 2.75) is 31.9 Å². The highest BCUT2D eigenvalue weighted by Gasteiger charge is 2.37. The van der Waals surface area contributed by atoms with Crippen LogP contribution in [-0.4, -0.2) is 89.8 Å². The zero-order valence-electron chi connectivity index (χ0n) is 19.8. The maximum Gasteiger partial charge on any atom is 0.256 e. The van der Waals surface area contributed by atoms with Crippen LogP contribution in [0.25, 0.3) is 6.08 Å². The first kappa shape index (κ1) is 25.6. The van der Waals surface area contributed by atoms with Crippen molar-refractivity contribution in [3.63, 3.8) is 0 Å². The fourth-order valence-corrected chi connectivity index (χ4v) is 5.35. The van der Waals surface area contributed by atoms with E-state index < -0.39 is 6.10 Å². The number of nitrogens with zero attached hydrogens (tertiary/aromatic N) is 2. The van der Waals surface area contributed by atoms with E-state index in [-0.39, 0.29) is 48.6 Å². The van der Waals surface area contributed by atoms with Gasteiger partial charge >= 0.3 is 0 Å². The molecule has 1 aromatic heterocycles. The van der Waals surface area contributed by atoms with Gasteiger partial charge in [0.15, 0.2) is 0 Å². The first-order valence-corrected chi connectivity index (χ1v) is 12.0. The predicted molar refractivity (Wildman–Crippen MR) is 132 cm³/mol. The van der Waals surface area contributed by atoms with Gasteiger partial charge in [0, 0.05) is 55.6 Å². The van der Waals surface area contributed by atoms with Gasteiger partial charge in [-0.15, -0.1) is 12.4 Å². The molecule has 1 aromatic rings. The Morgan fingerprint density at radius 2 is 2.03 bits per heavy atom. The average molecular weight is 507 g/mol. The SMILES string of the molecule is Cc1c(/C=C2\C(=O)NC3C=CC(F)=CC23)[nH]c2c1C(=O)N(C[C@H](O)CN1CCOCC1)CCC2.Cl. The number of β-amino-alcohol motifs (C(OH)–C–C–N with tert-alkyl or cyclic N) is 1. The number of halogens is 2. The lowest BCUT2D eigenvalue weighted by Crippen LogP contribution is -2.46. The number of hydrogen-bond donors (Lipinski definition) is 3. The highest BCUT2D eigenvalue weighted by atomic mass is 35.5. The van der Waals surface area contributed by atoms with E-state index in [2.05, 4.69) is 15.2 Å². The first-order chi connectivity index (χ1) is 16.4. The second-order valence-corrected chi connectivity index (χ2v) is 9.47. The van der Waals surface area contributed by atoms with E-state index in [0.29, 0.717) is 49.6 Å². The Kier molecular flexibility index (Phi) is 7.80. The Labute approximate surface area is 210 Å². The molecule has 8 nitrogen and oxygen atoms in total. The van der Waals surface area contributed by atoms with Crippen LogP contribution in [0.4, 0.5) is 4.39 Å². The molecule has 4 aliphatic rings. The van der Waals surface area contributed by atoms with Crippen molar-refractivity contribution < 1.29 is 23.8 Å². The van der Waals surface area contributed by atoms with E-state index in [4.69, 9.17) is 4.74 Å². The first-order valence-electron chi connectivity index (χ1n) is 12.0. The molecule has 3 aliphatic heterocycles. The van der Waals surface area contributed by atoms with E-state index in [1.165, 1.54) is 12.2 Å². The van der Waals surface area contributed by atoms with Crippen molar-refractivity contribution in [2.24, 2.45) is 5.92 Å². The molecule has 2 unspecified atom stereocenters. The van der Waals surface area contributed by atoms with Gasteiger partial charge in [-0.1, -0.05) is 6.08 Å². The molecule has 4 heterocycles. The second kappa shape index (κ2) is 10.7. The van der Waals surface area contributed by atoms with Gasteiger partial charge in [0.1, 0.15) is 5.83 Å². The summed E-state index contributed by atoms with van der Waals surface area (Å²) in [5.74, 6) is -1.06. The number of morpholine rings is 1. The fourth-order valence-electron chi connectivity index (χ4n) is 5.35. The van der Waals surface area contributed by atoms with Crippen LogP contribution in [-0.2, 0) is 16.0 Å². The molecule has 3 N–H and O–H groups in total. The van der Waals surface area contributed by atoms with Crippen molar-refractivity contribution >= 4 is 30.3 Å². The van der Waals surface area contributed by atoms with E-state index in [1.54, 1.807) is 17.1 Å². The number of hydrogen-bond acceptors (Lipinski definition) is 5. The van der Waals surface area contributed by atoms with Gasteiger partial charge in [-0.2, -0.15) is 0 Å². The number of rotatable bonds is 5. The number of nitrogens with one attached hydrogen (secondary N) is 2. The molecule has 1 aliphatic carbocycles. The minimum Gasteiger partial charge on any atom is -0.390 e. The number of ether oxygens (including phenoxy) is 1. The van der Waals surface area contributed by atoms with Crippen molar-refractivity contribution in [3.05, 3.63) is 52.1 Å². The normalized spacial score (nSPS) is 26.5. The number of aromatic nitrogens is 1. The molecule has 0 aromatic carbocycles. The van der Waals surface area contributed by atoms with Crippen LogP contribution >= 0.6 is 12.4 Å². The van der Waals surface area contributed by atoms with E-state index in [0.717, 1.165) is 30.8 Å². The summed E-state index contributed by atoms with van der Waals surface area (Å²) in [6, 6.07) is -0.253. The number of H-pyrrole nitrogens is 1. The topological polar surface area (TPSA) is 97.9 Å². The molecular weight excluding hydrogens is 475 g/mol. The number of allylic oxidation sites excluding steroid dienone is 2. The molecule has 3 atom stereocenters. The van der Waals surface area contributed by atoms with Gasteiger partial charge in [0.25, 0.3) is 5.91 Å². The predicted octanol–water partition coefficient (Wildman–Crippen LogP) is 1.75. The summed E-state index contributed by atoms with van der Waals surface area (Å²) in [5, 5.41) is 13.5. The molecule has 35 heavy (non-hydrogen) atoms. The minimum atomic E-state index is -0.635. The summed E-state index contributed by atoms with van der Waals surface area (Å²) in [4.78, 5) is 33.3. The molecule has 5 rings (SSSR count). The Balaban J connectivity index is 0.00000289. The number of fused-ring (bicyclic) bond motifs is 2. The lowest BCUT2D eigenvalue weighted by Gasteiger charge is -2.31. The van der Waals surface area contributed by atoms with Crippen LogP contribution in [0.15, 0.2) is 29.6 Å². The second-order valence-electron chi connectivity index (χ2n) is 9.47. The van der Waals surface area contributed by atoms with Crippen molar-refractivity contribution in [1.29, 1.82) is 0 Å². The van der Waals surface area contributed by atoms with E-state index >= 15 is 0 Å². The molecule has 0 radical (unpaired) electrons. The number of amides is 2. The number of carbonyl (C=O) groups excluding carboxylic acids is 2. The van der Waals surface area contributed by atoms with Crippen LogP contribution in [0, 0.1) is 12.8 Å². The van der Waals surface area contributed by atoms with Crippen LogP contribution in [0.1, 0.15) is 33.7 Å². The zero-order chi connectivity index (χ0) is 23.8. The summed E-state index contributed by atoms with van der Waals surface area (Å²) in [7, 11) is 0. The van der Waals surface area contributed by atoms with Crippen LogP contribution in [0.3, 0.4) is 0 Å². The zero-order valence-corrected chi connectivity index (χ0v) is 20.6. The third-order valence-electron chi connectivity index (χ3n) is 7.13. The maximum atomic E-state index is 13.8. The van der Waals surface area contributed by atoms with E-state index in [9.17, 15) is 19.1 Å². The smallest absolute Gasteiger partial charge is 0.256 e. The van der Waals surface area contributed by atoms with Gasteiger partial charge in [-0.05, 0) is 43.6 Å². The third-order valence-corrected chi connectivity index (χ3v) is 7.13. The Hall–Kier alpha value is -2.46. The quantitative estimate of drug-likeness (QED) is 0.529. The van der Waals surface area contributed by atoms with Crippen LogP contribution in [0.5, 0.6) is 0 Å². The van der Waals surface area contributed by atoms with Crippen molar-refractivity contribution in [1.82, 2.24) is 20.1 Å². The third kappa shape index (κ3) is 5.23. The molecule has 2 saturated heterocycles. The molecule has 2 fully saturated rings. The molecule has 10 heteroatoms. The van der Waals surface area contributed by atoms with Crippen LogP contribution in [0.2, 0.25) is 0 Å². The highest BCUT2D eigenvalue weighted by molar-refractivity contribution is 6.03. The summed E-state index contributed by atoms with van der Waals surface area (Å²) in [6.07, 6.45) is 7.09. The maximum absolute atomic E-state index is 13.8. The molecule has 0 saturated carbocycles. The molecule has 0 bridgehead atoms. The van der Waals surface area contributed by atoms with Crippen molar-refractivity contribution in [2.75, 3.05) is 45.9 Å². The number of aliphatic hydroxyl groups excluding tert-OH is 1. The van der Waals surface area contributed by atoms with Crippen molar-refractivity contribution in [3.8, 4) is 0 Å². The van der Waals surface area contributed by atoms with Gasteiger partial charge in [-0.3, -0.25) is 14.5 Å². The summed E-state index contributed by atoms with van der Waals surface area (Å²) < 4.78 is 19.2. The van der Waals surface area contributed by atoms with Gasteiger partial charge in [0.05, 0.1) is 30.9 Å². The fraction of sp³-hybridized carbons (Fsp3) is 0.520. The number of aryl methyl sites for hydroxylation is 1. The standard InChI is InChI=1S/C25H31FN4O4.ClH/c1-15-22(12-19-18-11-16(26)4-5-20(18)28-24(19)32)27-21-3-2-6-30(25(33)23(15)21)14-17(31)13-29-7-9-34-10-8-29;/h4-5,11-12,17-18,20,27,31H,2-3,6-10,13-14H2,1H3,(H,28,32);1H/b19-12-;/t17-,18?,20?;/m1./s1. The van der Waals surface area contributed by atoms with Crippen LogP contribution < -0.4 is 5.32 Å².